The zero-order valence-corrected chi connectivity index (χ0v) is 10.9. The number of hydrogen-bond donors (Lipinski definition) is 0. The maximum absolute atomic E-state index is 12.3. The number of benzene rings is 3. The molecule has 0 unspecified atom stereocenters. The second kappa shape index (κ2) is 3.67. The molecule has 0 aromatic heterocycles. The van der Waals surface area contributed by atoms with Gasteiger partial charge in [-0.2, -0.15) is 0 Å². The van der Waals surface area contributed by atoms with E-state index in [1.165, 1.54) is 11.9 Å². The lowest BCUT2D eigenvalue weighted by Gasteiger charge is -2.06. The highest BCUT2D eigenvalue weighted by atomic mass is 16.2. The normalized spacial score (nSPS) is 14.3. The summed E-state index contributed by atoms with van der Waals surface area (Å²) in [6.45, 7) is 0. The first kappa shape index (κ1) is 11.2. The van der Waals surface area contributed by atoms with Crippen molar-refractivity contribution in [3.8, 4) is 0 Å². The van der Waals surface area contributed by atoms with Crippen molar-refractivity contribution in [1.82, 2.24) is 4.90 Å². The van der Waals surface area contributed by atoms with E-state index in [1.807, 2.05) is 42.5 Å². The van der Waals surface area contributed by atoms with Gasteiger partial charge >= 0.3 is 0 Å². The molecular weight excluding hydrogens is 250 g/mol. The van der Waals surface area contributed by atoms with Crippen LogP contribution in [-0.4, -0.2) is 23.8 Å². The van der Waals surface area contributed by atoms with E-state index in [0.717, 1.165) is 21.5 Å². The second-order valence-electron chi connectivity index (χ2n) is 5.04. The highest BCUT2D eigenvalue weighted by Gasteiger charge is 2.34. The molecule has 3 aromatic carbocycles. The number of carbonyl (C=O) groups is 2. The van der Waals surface area contributed by atoms with Crippen LogP contribution in [0.3, 0.4) is 0 Å². The van der Waals surface area contributed by atoms with Gasteiger partial charge in [-0.25, -0.2) is 0 Å². The third-order valence-electron chi connectivity index (χ3n) is 3.98. The molecule has 3 heteroatoms. The van der Waals surface area contributed by atoms with E-state index in [0.29, 0.717) is 11.1 Å². The number of nitrogens with zero attached hydrogens (tertiary/aromatic N) is 1. The molecule has 20 heavy (non-hydrogen) atoms. The zero-order valence-electron chi connectivity index (χ0n) is 10.9. The van der Waals surface area contributed by atoms with Gasteiger partial charge in [-0.05, 0) is 27.6 Å². The summed E-state index contributed by atoms with van der Waals surface area (Å²) in [6.07, 6.45) is 0. The van der Waals surface area contributed by atoms with Gasteiger partial charge in [0.15, 0.2) is 0 Å². The minimum absolute atomic E-state index is 0.217. The van der Waals surface area contributed by atoms with E-state index in [-0.39, 0.29) is 11.8 Å². The molecule has 4 rings (SSSR count). The van der Waals surface area contributed by atoms with E-state index >= 15 is 0 Å². The van der Waals surface area contributed by atoms with Crippen LogP contribution in [0.5, 0.6) is 0 Å². The Hall–Kier alpha value is -2.68. The van der Waals surface area contributed by atoms with Crippen LogP contribution in [0, 0.1) is 0 Å². The average molecular weight is 261 g/mol. The summed E-state index contributed by atoms with van der Waals surface area (Å²) in [5.74, 6) is -0.439. The summed E-state index contributed by atoms with van der Waals surface area (Å²) in [6, 6.07) is 15.7. The van der Waals surface area contributed by atoms with Gasteiger partial charge in [-0.1, -0.05) is 42.5 Å². The van der Waals surface area contributed by atoms with Gasteiger partial charge in [-0.3, -0.25) is 14.5 Å². The monoisotopic (exact) mass is 261 g/mol. The van der Waals surface area contributed by atoms with Crippen molar-refractivity contribution >= 4 is 33.4 Å². The topological polar surface area (TPSA) is 37.4 Å². The highest BCUT2D eigenvalue weighted by Crippen LogP contribution is 2.33. The summed E-state index contributed by atoms with van der Waals surface area (Å²) >= 11 is 0. The molecular formula is C17H11NO2. The van der Waals surface area contributed by atoms with E-state index in [9.17, 15) is 9.59 Å². The molecule has 1 aliphatic rings. The quantitative estimate of drug-likeness (QED) is 0.460. The maximum Gasteiger partial charge on any atom is 0.261 e. The predicted molar refractivity (Wildman–Crippen MR) is 77.9 cm³/mol. The van der Waals surface area contributed by atoms with E-state index in [2.05, 4.69) is 0 Å². The van der Waals surface area contributed by atoms with Gasteiger partial charge in [0, 0.05) is 7.05 Å². The van der Waals surface area contributed by atoms with Crippen molar-refractivity contribution in [3.05, 3.63) is 59.7 Å². The SMILES string of the molecule is CN1C(=O)c2ccc3c(ccc4ccccc43)c2C1=O. The Labute approximate surface area is 115 Å². The van der Waals surface area contributed by atoms with Crippen LogP contribution in [0.4, 0.5) is 0 Å². The first-order chi connectivity index (χ1) is 9.68. The first-order valence-corrected chi connectivity index (χ1v) is 6.45. The van der Waals surface area contributed by atoms with Gasteiger partial charge in [0.25, 0.3) is 11.8 Å². The molecule has 96 valence electrons. The fourth-order valence-electron chi connectivity index (χ4n) is 2.94. The summed E-state index contributed by atoms with van der Waals surface area (Å²) in [5.41, 5.74) is 1.03. The number of amides is 2. The Balaban J connectivity index is 2.20. The minimum Gasteiger partial charge on any atom is -0.277 e. The second-order valence-corrected chi connectivity index (χ2v) is 5.04. The Kier molecular flexibility index (Phi) is 2.05. The van der Waals surface area contributed by atoms with E-state index in [1.54, 1.807) is 6.07 Å². The van der Waals surface area contributed by atoms with Crippen LogP contribution in [0.2, 0.25) is 0 Å². The highest BCUT2D eigenvalue weighted by molar-refractivity contribution is 6.28. The lowest BCUT2D eigenvalue weighted by atomic mass is 9.96. The van der Waals surface area contributed by atoms with Crippen LogP contribution in [0.1, 0.15) is 20.7 Å². The van der Waals surface area contributed by atoms with Crippen molar-refractivity contribution in [2.45, 2.75) is 0 Å². The average Bonchev–Trinajstić information content (AvgIpc) is 2.72. The number of rotatable bonds is 0. The Morgan fingerprint density at radius 2 is 1.50 bits per heavy atom. The molecule has 1 aliphatic heterocycles. The molecule has 0 radical (unpaired) electrons. The van der Waals surface area contributed by atoms with Crippen LogP contribution >= 0.6 is 0 Å². The van der Waals surface area contributed by atoms with Gasteiger partial charge < -0.3 is 0 Å². The summed E-state index contributed by atoms with van der Waals surface area (Å²) in [5, 5.41) is 4.09. The molecule has 3 aromatic rings. The van der Waals surface area contributed by atoms with Crippen molar-refractivity contribution in [1.29, 1.82) is 0 Å². The van der Waals surface area contributed by atoms with E-state index < -0.39 is 0 Å². The van der Waals surface area contributed by atoms with Crippen LogP contribution in [0.25, 0.3) is 21.5 Å². The molecule has 0 spiro atoms. The number of fused-ring (bicyclic) bond motifs is 5. The van der Waals surface area contributed by atoms with Crippen molar-refractivity contribution in [2.75, 3.05) is 7.05 Å². The molecule has 0 fully saturated rings. The van der Waals surface area contributed by atoms with Crippen molar-refractivity contribution < 1.29 is 9.59 Å². The summed E-state index contributed by atoms with van der Waals surface area (Å²) < 4.78 is 0. The molecule has 0 saturated heterocycles. The van der Waals surface area contributed by atoms with Gasteiger partial charge in [0.2, 0.25) is 0 Å². The third kappa shape index (κ3) is 1.24. The number of imide groups is 1. The van der Waals surface area contributed by atoms with Crippen molar-refractivity contribution in [2.24, 2.45) is 0 Å². The molecule has 0 N–H and O–H groups in total. The lowest BCUT2D eigenvalue weighted by molar-refractivity contribution is 0.0693. The third-order valence-corrected chi connectivity index (χ3v) is 3.98. The van der Waals surface area contributed by atoms with Gasteiger partial charge in [0.1, 0.15) is 0 Å². The first-order valence-electron chi connectivity index (χ1n) is 6.45. The largest absolute Gasteiger partial charge is 0.277 e. The zero-order chi connectivity index (χ0) is 13.9. The fraction of sp³-hybridized carbons (Fsp3) is 0.0588. The summed E-state index contributed by atoms with van der Waals surface area (Å²) in [4.78, 5) is 25.5. The fourth-order valence-corrected chi connectivity index (χ4v) is 2.94. The minimum atomic E-state index is -0.222. The Morgan fingerprint density at radius 3 is 2.35 bits per heavy atom. The van der Waals surface area contributed by atoms with Crippen LogP contribution < -0.4 is 0 Å². The lowest BCUT2D eigenvalue weighted by Crippen LogP contribution is -2.24. The molecule has 0 saturated carbocycles. The smallest absolute Gasteiger partial charge is 0.261 e. The molecule has 0 aliphatic carbocycles. The molecule has 0 atom stereocenters. The molecule has 1 heterocycles. The van der Waals surface area contributed by atoms with Crippen LogP contribution in [0.15, 0.2) is 48.5 Å². The molecule has 2 amide bonds. The van der Waals surface area contributed by atoms with Gasteiger partial charge in [0.05, 0.1) is 11.1 Å². The van der Waals surface area contributed by atoms with Crippen molar-refractivity contribution in [3.63, 3.8) is 0 Å². The number of carbonyl (C=O) groups excluding carboxylic acids is 2. The maximum atomic E-state index is 12.3. The van der Waals surface area contributed by atoms with Crippen LogP contribution in [-0.2, 0) is 0 Å². The van der Waals surface area contributed by atoms with E-state index in [4.69, 9.17) is 0 Å². The Bertz CT molecular complexity index is 911. The standard InChI is InChI=1S/C17H11NO2/c1-18-16(19)14-9-8-12-11-5-3-2-4-10(11)6-7-13(12)15(14)17(18)20/h2-9H,1H3. The number of hydrogen-bond acceptors (Lipinski definition) is 2. The molecule has 3 nitrogen and oxygen atoms in total. The predicted octanol–water partition coefficient (Wildman–Crippen LogP) is 3.22. The Morgan fingerprint density at radius 1 is 0.750 bits per heavy atom. The molecule has 0 bridgehead atoms. The summed E-state index contributed by atoms with van der Waals surface area (Å²) in [7, 11) is 1.53. The van der Waals surface area contributed by atoms with Gasteiger partial charge in [-0.15, -0.1) is 0 Å².